The van der Waals surface area contributed by atoms with Crippen molar-refractivity contribution in [3.8, 4) is 0 Å². The molecule has 0 radical (unpaired) electrons. The third-order valence-corrected chi connectivity index (χ3v) is 1.71. The SMILES string of the molecule is OC1=C(c2ccccn2)C=NC1. The highest BCUT2D eigenvalue weighted by Crippen LogP contribution is 2.16. The summed E-state index contributed by atoms with van der Waals surface area (Å²) in [5, 5.41) is 9.36. The van der Waals surface area contributed by atoms with Gasteiger partial charge in [-0.3, -0.25) is 9.98 Å². The molecule has 0 atom stereocenters. The van der Waals surface area contributed by atoms with Crippen molar-refractivity contribution < 1.29 is 5.11 Å². The van der Waals surface area contributed by atoms with Crippen LogP contribution in [0.15, 0.2) is 35.1 Å². The predicted molar refractivity (Wildman–Crippen MR) is 47.1 cm³/mol. The fourth-order valence-electron chi connectivity index (χ4n) is 1.12. The summed E-state index contributed by atoms with van der Waals surface area (Å²) in [6.07, 6.45) is 3.35. The van der Waals surface area contributed by atoms with Crippen LogP contribution < -0.4 is 0 Å². The van der Waals surface area contributed by atoms with E-state index in [0.29, 0.717) is 12.3 Å². The fourth-order valence-corrected chi connectivity index (χ4v) is 1.12. The van der Waals surface area contributed by atoms with Crippen LogP contribution in [0.1, 0.15) is 5.69 Å². The Hall–Kier alpha value is -1.64. The van der Waals surface area contributed by atoms with Crippen molar-refractivity contribution in [1.29, 1.82) is 0 Å². The molecule has 60 valence electrons. The van der Waals surface area contributed by atoms with Gasteiger partial charge in [-0.15, -0.1) is 0 Å². The summed E-state index contributed by atoms with van der Waals surface area (Å²) in [4.78, 5) is 8.04. The lowest BCUT2D eigenvalue weighted by molar-refractivity contribution is 0.411. The van der Waals surface area contributed by atoms with Crippen molar-refractivity contribution in [2.75, 3.05) is 6.54 Å². The molecule has 0 saturated heterocycles. The average Bonchev–Trinajstić information content (AvgIpc) is 2.53. The summed E-state index contributed by atoms with van der Waals surface area (Å²) in [5.74, 6) is 0.300. The van der Waals surface area contributed by atoms with Crippen molar-refractivity contribution in [2.24, 2.45) is 4.99 Å². The molecule has 0 saturated carbocycles. The minimum atomic E-state index is 0.300. The topological polar surface area (TPSA) is 45.5 Å². The number of pyridine rings is 1. The number of aliphatic imine (C=N–C) groups is 1. The first-order valence-electron chi connectivity index (χ1n) is 3.71. The second kappa shape index (κ2) is 2.77. The van der Waals surface area contributed by atoms with Crippen LogP contribution in [0.25, 0.3) is 5.57 Å². The lowest BCUT2D eigenvalue weighted by Gasteiger charge is -1.97. The standard InChI is InChI=1S/C9H8N2O/c12-9-6-10-5-7(9)8-3-1-2-4-11-8/h1-5,12H,6H2. The molecule has 0 aromatic carbocycles. The lowest BCUT2D eigenvalue weighted by atomic mass is 10.2. The van der Waals surface area contributed by atoms with Gasteiger partial charge in [0.05, 0.1) is 17.8 Å². The first-order valence-corrected chi connectivity index (χ1v) is 3.71. The largest absolute Gasteiger partial charge is 0.510 e. The Bertz CT molecular complexity index is 341. The van der Waals surface area contributed by atoms with Gasteiger partial charge in [0.25, 0.3) is 0 Å². The average molecular weight is 160 g/mol. The van der Waals surface area contributed by atoms with Crippen molar-refractivity contribution >= 4 is 11.8 Å². The maximum Gasteiger partial charge on any atom is 0.125 e. The maximum atomic E-state index is 9.36. The van der Waals surface area contributed by atoms with Crippen molar-refractivity contribution in [3.63, 3.8) is 0 Å². The van der Waals surface area contributed by atoms with Gasteiger partial charge in [0.1, 0.15) is 5.76 Å². The molecule has 0 unspecified atom stereocenters. The predicted octanol–water partition coefficient (Wildman–Crippen LogP) is 1.44. The Kier molecular flexibility index (Phi) is 1.63. The molecular formula is C9H8N2O. The zero-order valence-corrected chi connectivity index (χ0v) is 6.44. The van der Waals surface area contributed by atoms with Crippen LogP contribution in [0.4, 0.5) is 0 Å². The zero-order chi connectivity index (χ0) is 8.39. The van der Waals surface area contributed by atoms with Crippen molar-refractivity contribution in [2.45, 2.75) is 0 Å². The van der Waals surface area contributed by atoms with E-state index >= 15 is 0 Å². The van der Waals surface area contributed by atoms with E-state index in [1.165, 1.54) is 0 Å². The van der Waals surface area contributed by atoms with Gasteiger partial charge < -0.3 is 5.11 Å². The summed E-state index contributed by atoms with van der Waals surface area (Å²) < 4.78 is 0. The van der Waals surface area contributed by atoms with Gasteiger partial charge in [-0.05, 0) is 12.1 Å². The van der Waals surface area contributed by atoms with E-state index in [1.807, 2.05) is 18.2 Å². The first-order chi connectivity index (χ1) is 5.88. The molecule has 3 nitrogen and oxygen atoms in total. The molecule has 12 heavy (non-hydrogen) atoms. The lowest BCUT2D eigenvalue weighted by Crippen LogP contribution is -1.91. The highest BCUT2D eigenvalue weighted by atomic mass is 16.3. The molecule has 1 aromatic rings. The second-order valence-electron chi connectivity index (χ2n) is 2.55. The van der Waals surface area contributed by atoms with Crippen LogP contribution in [0.2, 0.25) is 0 Å². The third-order valence-electron chi connectivity index (χ3n) is 1.71. The number of hydrogen-bond donors (Lipinski definition) is 1. The Morgan fingerprint density at radius 2 is 2.25 bits per heavy atom. The molecule has 0 bridgehead atoms. The van der Waals surface area contributed by atoms with E-state index in [2.05, 4.69) is 9.98 Å². The minimum absolute atomic E-state index is 0.300. The Balaban J connectivity index is 2.44. The smallest absolute Gasteiger partial charge is 0.125 e. The maximum absolute atomic E-state index is 9.36. The van der Waals surface area contributed by atoms with Crippen LogP contribution in [0.5, 0.6) is 0 Å². The highest BCUT2D eigenvalue weighted by Gasteiger charge is 2.10. The van der Waals surface area contributed by atoms with E-state index in [1.54, 1.807) is 12.4 Å². The Morgan fingerprint density at radius 3 is 2.83 bits per heavy atom. The van der Waals surface area contributed by atoms with Gasteiger partial charge in [-0.1, -0.05) is 6.07 Å². The number of rotatable bonds is 1. The third kappa shape index (κ3) is 1.09. The Labute approximate surface area is 70.1 Å². The van der Waals surface area contributed by atoms with Gasteiger partial charge in [0.15, 0.2) is 0 Å². The van der Waals surface area contributed by atoms with Crippen LogP contribution in [0.3, 0.4) is 0 Å². The minimum Gasteiger partial charge on any atom is -0.510 e. The highest BCUT2D eigenvalue weighted by molar-refractivity contribution is 6.11. The fraction of sp³-hybridized carbons (Fsp3) is 0.111. The zero-order valence-electron chi connectivity index (χ0n) is 6.44. The summed E-state index contributed by atoms with van der Waals surface area (Å²) in [6.45, 7) is 0.381. The molecule has 1 aliphatic heterocycles. The molecular weight excluding hydrogens is 152 g/mol. The Morgan fingerprint density at radius 1 is 1.33 bits per heavy atom. The van der Waals surface area contributed by atoms with E-state index < -0.39 is 0 Å². The quantitative estimate of drug-likeness (QED) is 0.675. The monoisotopic (exact) mass is 160 g/mol. The second-order valence-corrected chi connectivity index (χ2v) is 2.55. The van der Waals surface area contributed by atoms with Crippen LogP contribution in [0, 0.1) is 0 Å². The van der Waals surface area contributed by atoms with E-state index in [0.717, 1.165) is 11.3 Å². The molecule has 2 rings (SSSR count). The summed E-state index contributed by atoms with van der Waals surface area (Å²) >= 11 is 0. The molecule has 3 heteroatoms. The van der Waals surface area contributed by atoms with Crippen LogP contribution in [-0.4, -0.2) is 22.8 Å². The van der Waals surface area contributed by atoms with Gasteiger partial charge in [-0.25, -0.2) is 0 Å². The number of hydrogen-bond acceptors (Lipinski definition) is 3. The molecule has 1 aromatic heterocycles. The molecule has 0 amide bonds. The summed E-state index contributed by atoms with van der Waals surface area (Å²) in [7, 11) is 0. The summed E-state index contributed by atoms with van der Waals surface area (Å²) in [5.41, 5.74) is 1.51. The van der Waals surface area contributed by atoms with Crippen molar-refractivity contribution in [1.82, 2.24) is 4.98 Å². The number of aliphatic hydroxyl groups is 1. The van der Waals surface area contributed by atoms with Gasteiger partial charge >= 0.3 is 0 Å². The normalized spacial score (nSPS) is 15.7. The van der Waals surface area contributed by atoms with Gasteiger partial charge in [0, 0.05) is 12.4 Å². The molecule has 0 spiro atoms. The molecule has 1 N–H and O–H groups in total. The summed E-state index contributed by atoms with van der Waals surface area (Å²) in [6, 6.07) is 5.57. The number of aliphatic hydroxyl groups excluding tert-OH is 1. The number of allylic oxidation sites excluding steroid dienone is 1. The van der Waals surface area contributed by atoms with E-state index in [4.69, 9.17) is 0 Å². The molecule has 1 aliphatic rings. The molecule has 0 aliphatic carbocycles. The van der Waals surface area contributed by atoms with E-state index in [-0.39, 0.29) is 0 Å². The van der Waals surface area contributed by atoms with Crippen LogP contribution >= 0.6 is 0 Å². The number of aromatic nitrogens is 1. The number of nitrogens with zero attached hydrogens (tertiary/aromatic N) is 2. The first kappa shape index (κ1) is 7.03. The molecule has 0 fully saturated rings. The van der Waals surface area contributed by atoms with Gasteiger partial charge in [-0.2, -0.15) is 0 Å². The van der Waals surface area contributed by atoms with E-state index in [9.17, 15) is 5.11 Å². The van der Waals surface area contributed by atoms with Crippen LogP contribution in [-0.2, 0) is 0 Å². The van der Waals surface area contributed by atoms with Gasteiger partial charge in [0.2, 0.25) is 0 Å². The molecule has 2 heterocycles. The van der Waals surface area contributed by atoms with Crippen molar-refractivity contribution in [3.05, 3.63) is 35.8 Å².